The molecular formula is C14H11FN2O3. The molecule has 5 nitrogen and oxygen atoms in total. The van der Waals surface area contributed by atoms with Gasteiger partial charge in [-0.2, -0.15) is 0 Å². The van der Waals surface area contributed by atoms with Gasteiger partial charge in [0, 0.05) is 29.8 Å². The van der Waals surface area contributed by atoms with Gasteiger partial charge < -0.3 is 14.2 Å². The number of nitrogens with zero attached hydrogens (tertiary/aromatic N) is 2. The van der Waals surface area contributed by atoms with E-state index in [0.717, 1.165) is 11.2 Å². The highest BCUT2D eigenvalue weighted by Gasteiger charge is 2.18. The fraction of sp³-hybridized carbons (Fsp3) is 0.143. The van der Waals surface area contributed by atoms with Gasteiger partial charge in [0.1, 0.15) is 11.5 Å². The third-order valence-corrected chi connectivity index (χ3v) is 3.40. The zero-order valence-corrected chi connectivity index (χ0v) is 10.8. The highest BCUT2D eigenvalue weighted by atomic mass is 19.1. The second kappa shape index (κ2) is 4.19. The molecule has 0 aliphatic heterocycles. The van der Waals surface area contributed by atoms with Gasteiger partial charge >= 0.3 is 5.97 Å². The van der Waals surface area contributed by atoms with Crippen LogP contribution in [0.4, 0.5) is 4.39 Å². The summed E-state index contributed by atoms with van der Waals surface area (Å²) in [6.45, 7) is 1.89. The van der Waals surface area contributed by atoms with Gasteiger partial charge in [0.05, 0.1) is 5.52 Å². The normalized spacial score (nSPS) is 11.2. The van der Waals surface area contributed by atoms with E-state index in [1.165, 1.54) is 6.07 Å². The molecule has 3 aromatic rings. The van der Waals surface area contributed by atoms with Crippen LogP contribution in [0.15, 0.2) is 28.8 Å². The Labute approximate surface area is 113 Å². The third kappa shape index (κ3) is 1.69. The van der Waals surface area contributed by atoms with Crippen molar-refractivity contribution in [3.05, 3.63) is 41.5 Å². The Morgan fingerprint density at radius 1 is 1.40 bits per heavy atom. The Morgan fingerprint density at radius 2 is 2.15 bits per heavy atom. The molecule has 0 amide bonds. The van der Waals surface area contributed by atoms with Crippen LogP contribution >= 0.6 is 0 Å². The van der Waals surface area contributed by atoms with Crippen molar-refractivity contribution in [3.8, 4) is 11.3 Å². The van der Waals surface area contributed by atoms with E-state index in [4.69, 9.17) is 5.11 Å². The van der Waals surface area contributed by atoms with E-state index < -0.39 is 11.8 Å². The molecule has 3 rings (SSSR count). The summed E-state index contributed by atoms with van der Waals surface area (Å²) >= 11 is 0. The van der Waals surface area contributed by atoms with Crippen LogP contribution in [-0.2, 0) is 7.05 Å². The number of hydrogen-bond donors (Lipinski definition) is 1. The predicted octanol–water partition coefficient (Wildman–Crippen LogP) is 2.98. The molecule has 1 aromatic carbocycles. The minimum Gasteiger partial charge on any atom is -0.475 e. The number of hydrogen-bond acceptors (Lipinski definition) is 3. The molecule has 0 saturated heterocycles. The summed E-state index contributed by atoms with van der Waals surface area (Å²) in [5.74, 6) is -1.99. The van der Waals surface area contributed by atoms with E-state index in [1.54, 1.807) is 18.2 Å². The van der Waals surface area contributed by atoms with Crippen molar-refractivity contribution in [2.24, 2.45) is 7.05 Å². The van der Waals surface area contributed by atoms with Crippen molar-refractivity contribution < 1.29 is 18.8 Å². The average molecular weight is 274 g/mol. The number of aryl methyl sites for hydroxylation is 2. The van der Waals surface area contributed by atoms with Crippen molar-refractivity contribution in [2.75, 3.05) is 0 Å². The lowest BCUT2D eigenvalue weighted by atomic mass is 10.1. The molecule has 2 aromatic heterocycles. The Balaban J connectivity index is 2.21. The molecule has 0 bridgehead atoms. The van der Waals surface area contributed by atoms with Gasteiger partial charge in [-0.3, -0.25) is 0 Å². The Kier molecular flexibility index (Phi) is 2.60. The number of aromatic nitrogens is 2. The SMILES string of the molecule is Cc1cc2c(F)c(-c3cc(C(=O)O)on3)ccc2n1C. The topological polar surface area (TPSA) is 68.3 Å². The van der Waals surface area contributed by atoms with Crippen LogP contribution in [0.1, 0.15) is 16.2 Å². The average Bonchev–Trinajstić information content (AvgIpc) is 2.99. The summed E-state index contributed by atoms with van der Waals surface area (Å²) < 4.78 is 21.1. The van der Waals surface area contributed by atoms with Crippen molar-refractivity contribution >= 4 is 16.9 Å². The first-order valence-electron chi connectivity index (χ1n) is 5.94. The van der Waals surface area contributed by atoms with Crippen molar-refractivity contribution in [2.45, 2.75) is 6.92 Å². The highest BCUT2D eigenvalue weighted by molar-refractivity contribution is 5.89. The van der Waals surface area contributed by atoms with Gasteiger partial charge in [-0.1, -0.05) is 5.16 Å². The molecule has 0 radical (unpaired) electrons. The van der Waals surface area contributed by atoms with Crippen molar-refractivity contribution in [1.82, 2.24) is 9.72 Å². The fourth-order valence-electron chi connectivity index (χ4n) is 2.21. The zero-order valence-electron chi connectivity index (χ0n) is 10.8. The first-order valence-corrected chi connectivity index (χ1v) is 5.94. The molecule has 1 N–H and O–H groups in total. The summed E-state index contributed by atoms with van der Waals surface area (Å²) in [5, 5.41) is 12.9. The van der Waals surface area contributed by atoms with Crippen LogP contribution in [0.25, 0.3) is 22.2 Å². The van der Waals surface area contributed by atoms with Crippen LogP contribution in [-0.4, -0.2) is 20.8 Å². The molecule has 0 fully saturated rings. The molecule has 102 valence electrons. The largest absolute Gasteiger partial charge is 0.475 e. The monoisotopic (exact) mass is 274 g/mol. The molecular weight excluding hydrogens is 263 g/mol. The maximum atomic E-state index is 14.5. The number of carboxylic acids is 1. The smallest absolute Gasteiger partial charge is 0.374 e. The molecule has 0 aliphatic carbocycles. The molecule has 0 aliphatic rings. The van der Waals surface area contributed by atoms with Gasteiger partial charge in [0.15, 0.2) is 0 Å². The van der Waals surface area contributed by atoms with E-state index in [1.807, 2.05) is 18.5 Å². The van der Waals surface area contributed by atoms with E-state index in [-0.39, 0.29) is 17.0 Å². The third-order valence-electron chi connectivity index (χ3n) is 3.40. The highest BCUT2D eigenvalue weighted by Crippen LogP contribution is 2.30. The van der Waals surface area contributed by atoms with Gasteiger partial charge in [0.25, 0.3) is 0 Å². The second-order valence-electron chi connectivity index (χ2n) is 4.59. The first kappa shape index (κ1) is 12.4. The van der Waals surface area contributed by atoms with Crippen LogP contribution in [0.3, 0.4) is 0 Å². The summed E-state index contributed by atoms with van der Waals surface area (Å²) in [6.07, 6.45) is 0. The molecule has 20 heavy (non-hydrogen) atoms. The number of aromatic carboxylic acids is 1. The lowest BCUT2D eigenvalue weighted by molar-refractivity contribution is 0.0652. The van der Waals surface area contributed by atoms with E-state index in [0.29, 0.717) is 5.39 Å². The fourth-order valence-corrected chi connectivity index (χ4v) is 2.21. The minimum absolute atomic E-state index is 0.170. The second-order valence-corrected chi connectivity index (χ2v) is 4.59. The zero-order chi connectivity index (χ0) is 14.4. The quantitative estimate of drug-likeness (QED) is 0.780. The molecule has 0 spiro atoms. The van der Waals surface area contributed by atoms with Gasteiger partial charge in [0.2, 0.25) is 5.76 Å². The van der Waals surface area contributed by atoms with Crippen LogP contribution in [0.2, 0.25) is 0 Å². The maximum absolute atomic E-state index is 14.5. The van der Waals surface area contributed by atoms with Crippen LogP contribution in [0, 0.1) is 12.7 Å². The summed E-state index contributed by atoms with van der Waals surface area (Å²) in [7, 11) is 1.86. The summed E-state index contributed by atoms with van der Waals surface area (Å²) in [4.78, 5) is 10.8. The molecule has 2 heterocycles. The molecule has 0 atom stereocenters. The number of carbonyl (C=O) groups is 1. The predicted molar refractivity (Wildman–Crippen MR) is 70.1 cm³/mol. The van der Waals surface area contributed by atoms with Crippen LogP contribution < -0.4 is 0 Å². The van der Waals surface area contributed by atoms with E-state index >= 15 is 0 Å². The van der Waals surface area contributed by atoms with E-state index in [9.17, 15) is 9.18 Å². The molecule has 0 saturated carbocycles. The lowest BCUT2D eigenvalue weighted by Gasteiger charge is -2.02. The van der Waals surface area contributed by atoms with Crippen LogP contribution in [0.5, 0.6) is 0 Å². The molecule has 6 heteroatoms. The Hall–Kier alpha value is -2.63. The van der Waals surface area contributed by atoms with Crippen molar-refractivity contribution in [3.63, 3.8) is 0 Å². The van der Waals surface area contributed by atoms with Gasteiger partial charge in [-0.25, -0.2) is 9.18 Å². The van der Waals surface area contributed by atoms with Gasteiger partial charge in [-0.15, -0.1) is 0 Å². The standard InChI is InChI=1S/C14H11FN2O3/c1-7-5-9-11(17(7)2)4-3-8(13(9)15)10-6-12(14(18)19)20-16-10/h3-6H,1-2H3,(H,18,19). The molecule has 0 unspecified atom stereocenters. The lowest BCUT2D eigenvalue weighted by Crippen LogP contribution is -1.92. The summed E-state index contributed by atoms with van der Waals surface area (Å²) in [6, 6.07) is 6.30. The summed E-state index contributed by atoms with van der Waals surface area (Å²) in [5.41, 5.74) is 2.09. The number of fused-ring (bicyclic) bond motifs is 1. The van der Waals surface area contributed by atoms with E-state index in [2.05, 4.69) is 9.68 Å². The Morgan fingerprint density at radius 3 is 2.80 bits per heavy atom. The van der Waals surface area contributed by atoms with Crippen molar-refractivity contribution in [1.29, 1.82) is 0 Å². The number of benzene rings is 1. The maximum Gasteiger partial charge on any atom is 0.374 e. The number of halogens is 1. The first-order chi connectivity index (χ1) is 9.49. The van der Waals surface area contributed by atoms with Gasteiger partial charge in [-0.05, 0) is 25.1 Å². The Bertz CT molecular complexity index is 832. The number of carboxylic acid groups (broad SMARTS) is 1. The number of rotatable bonds is 2. The minimum atomic E-state index is -1.24.